The van der Waals surface area contributed by atoms with Gasteiger partial charge in [0.1, 0.15) is 24.0 Å². The van der Waals surface area contributed by atoms with Crippen molar-refractivity contribution in [3.05, 3.63) is 18.1 Å². The molecular formula is C16H16F3N5O3. The Morgan fingerprint density at radius 3 is 2.89 bits per heavy atom. The second-order valence-corrected chi connectivity index (χ2v) is 5.86. The number of carbonyl (C=O) groups is 1. The average molecular weight is 383 g/mol. The molecule has 3 rings (SSSR count). The van der Waals surface area contributed by atoms with E-state index in [1.165, 1.54) is 6.33 Å². The van der Waals surface area contributed by atoms with Crippen molar-refractivity contribution >= 4 is 22.8 Å². The molecular weight excluding hydrogens is 367 g/mol. The molecule has 0 saturated carbocycles. The van der Waals surface area contributed by atoms with Crippen molar-refractivity contribution < 1.29 is 27.8 Å². The number of nitrogens with one attached hydrogen (secondary N) is 1. The molecule has 0 unspecified atom stereocenters. The molecule has 2 aromatic rings. The second-order valence-electron chi connectivity index (χ2n) is 5.86. The van der Waals surface area contributed by atoms with Crippen LogP contribution in [0.1, 0.15) is 24.6 Å². The molecule has 1 amide bonds. The van der Waals surface area contributed by atoms with Gasteiger partial charge < -0.3 is 25.5 Å². The Kier molecular flexibility index (Phi) is 5.20. The number of fused-ring (bicyclic) bond motifs is 1. The quantitative estimate of drug-likeness (QED) is 0.673. The summed E-state index contributed by atoms with van der Waals surface area (Å²) in [6.07, 6.45) is -1.39. The molecule has 2 atom stereocenters. The van der Waals surface area contributed by atoms with E-state index in [0.29, 0.717) is 29.4 Å². The molecule has 0 aliphatic carbocycles. The number of hydrogen-bond acceptors (Lipinski definition) is 6. The van der Waals surface area contributed by atoms with Gasteiger partial charge >= 0.3 is 12.1 Å². The summed E-state index contributed by atoms with van der Waals surface area (Å²) in [5, 5.41) is 11.3. The zero-order valence-corrected chi connectivity index (χ0v) is 14.0. The number of anilines is 1. The first-order valence-electron chi connectivity index (χ1n) is 8.02. The molecule has 0 spiro atoms. The number of alkyl halides is 3. The molecule has 144 valence electrons. The summed E-state index contributed by atoms with van der Waals surface area (Å²) in [7, 11) is 0. The highest BCUT2D eigenvalue weighted by Gasteiger charge is 2.38. The van der Waals surface area contributed by atoms with Crippen LogP contribution in [0.25, 0.3) is 11.0 Å². The number of aliphatic hydroxyl groups is 1. The largest absolute Gasteiger partial charge is 0.471 e. The summed E-state index contributed by atoms with van der Waals surface area (Å²) in [5.41, 5.74) is 6.77. The van der Waals surface area contributed by atoms with Gasteiger partial charge in [0.05, 0.1) is 30.2 Å². The molecule has 8 nitrogen and oxygen atoms in total. The third-order valence-corrected chi connectivity index (χ3v) is 4.06. The number of halogens is 3. The monoisotopic (exact) mass is 383 g/mol. The lowest BCUT2D eigenvalue weighted by atomic mass is 10.2. The Labute approximate surface area is 151 Å². The van der Waals surface area contributed by atoms with Gasteiger partial charge in [0.15, 0.2) is 0 Å². The van der Waals surface area contributed by atoms with Crippen LogP contribution in [-0.2, 0) is 9.53 Å². The number of nitrogens with zero attached hydrogens (tertiary/aromatic N) is 3. The minimum atomic E-state index is -4.96. The van der Waals surface area contributed by atoms with E-state index >= 15 is 0 Å². The molecule has 3 heterocycles. The molecule has 1 fully saturated rings. The summed E-state index contributed by atoms with van der Waals surface area (Å²) in [5.74, 6) is 3.25. The predicted octanol–water partition coefficient (Wildman–Crippen LogP) is 0.713. The molecule has 4 N–H and O–H groups in total. The van der Waals surface area contributed by atoms with Crippen LogP contribution in [0.3, 0.4) is 0 Å². The Morgan fingerprint density at radius 2 is 2.22 bits per heavy atom. The smallest absolute Gasteiger partial charge is 0.394 e. The van der Waals surface area contributed by atoms with Gasteiger partial charge in [-0.3, -0.25) is 4.79 Å². The van der Waals surface area contributed by atoms with Crippen LogP contribution in [0.15, 0.2) is 12.5 Å². The number of rotatable bonds is 3. The number of carbonyl (C=O) groups excluding carboxylic acids is 1. The first-order valence-corrected chi connectivity index (χ1v) is 8.02. The van der Waals surface area contributed by atoms with E-state index < -0.39 is 18.6 Å². The second kappa shape index (κ2) is 7.42. The molecule has 27 heavy (non-hydrogen) atoms. The zero-order valence-electron chi connectivity index (χ0n) is 14.0. The number of nitrogen functional groups attached to an aromatic ring is 1. The Hall–Kier alpha value is -2.84. The van der Waals surface area contributed by atoms with Crippen molar-refractivity contribution in [2.24, 2.45) is 0 Å². The maximum atomic E-state index is 12.2. The van der Waals surface area contributed by atoms with Gasteiger partial charge in [0.2, 0.25) is 0 Å². The number of ether oxygens (including phenoxy) is 1. The molecule has 0 radical (unpaired) electrons. The van der Waals surface area contributed by atoms with Crippen molar-refractivity contribution in [2.45, 2.75) is 31.3 Å². The van der Waals surface area contributed by atoms with Crippen LogP contribution in [0.4, 0.5) is 19.0 Å². The number of aromatic nitrogens is 3. The maximum Gasteiger partial charge on any atom is 0.471 e. The van der Waals surface area contributed by atoms with Gasteiger partial charge in [0.25, 0.3) is 0 Å². The number of hydrogen-bond donors (Lipinski definition) is 3. The lowest BCUT2D eigenvalue weighted by Crippen LogP contribution is -2.36. The van der Waals surface area contributed by atoms with Crippen molar-refractivity contribution in [1.82, 2.24) is 19.9 Å². The lowest BCUT2D eigenvalue weighted by Gasteiger charge is -2.14. The third kappa shape index (κ3) is 3.96. The van der Waals surface area contributed by atoms with Gasteiger partial charge in [-0.05, 0) is 12.8 Å². The van der Waals surface area contributed by atoms with Crippen LogP contribution in [0.2, 0.25) is 0 Å². The predicted molar refractivity (Wildman–Crippen MR) is 88.1 cm³/mol. The van der Waals surface area contributed by atoms with Crippen LogP contribution in [0, 0.1) is 11.8 Å². The van der Waals surface area contributed by atoms with Gasteiger partial charge in [-0.1, -0.05) is 11.8 Å². The van der Waals surface area contributed by atoms with Crippen LogP contribution >= 0.6 is 0 Å². The van der Waals surface area contributed by atoms with Crippen LogP contribution in [0.5, 0.6) is 0 Å². The Morgan fingerprint density at radius 1 is 1.44 bits per heavy atom. The van der Waals surface area contributed by atoms with Gasteiger partial charge in [0, 0.05) is 6.20 Å². The SMILES string of the molecule is Nc1ncnc2c1c(C#CCNC(=O)C(F)(F)F)cn2[C@H]1CC[C@@H](CO)O1. The van der Waals surface area contributed by atoms with E-state index in [1.807, 2.05) is 0 Å². The number of aliphatic hydroxyl groups excluding tert-OH is 1. The van der Waals surface area contributed by atoms with E-state index in [-0.39, 0.29) is 24.8 Å². The summed E-state index contributed by atoms with van der Waals surface area (Å²) in [6.45, 7) is -0.580. The topological polar surface area (TPSA) is 115 Å². The molecule has 2 aromatic heterocycles. The number of nitrogens with two attached hydrogens (primary N) is 1. The standard InChI is InChI=1S/C16H16F3N5O3/c17-16(18,19)15(26)21-5-1-2-9-6-24(11-4-3-10(7-25)27-11)14-12(9)13(20)22-8-23-14/h6,8,10-11,25H,3-5,7H2,(H,21,26)(H2,20,22,23)/t10-,11+/m0/s1. The minimum Gasteiger partial charge on any atom is -0.394 e. The first-order chi connectivity index (χ1) is 12.8. The first kappa shape index (κ1) is 18.9. The van der Waals surface area contributed by atoms with Gasteiger partial charge in [-0.2, -0.15) is 13.2 Å². The summed E-state index contributed by atoms with van der Waals surface area (Å²) >= 11 is 0. The highest BCUT2D eigenvalue weighted by molar-refractivity contribution is 5.92. The molecule has 1 saturated heterocycles. The zero-order chi connectivity index (χ0) is 19.6. The van der Waals surface area contributed by atoms with Crippen molar-refractivity contribution in [2.75, 3.05) is 18.9 Å². The molecule has 0 aromatic carbocycles. The van der Waals surface area contributed by atoms with Crippen molar-refractivity contribution in [3.8, 4) is 11.8 Å². The van der Waals surface area contributed by atoms with Gasteiger partial charge in [-0.25, -0.2) is 9.97 Å². The third-order valence-electron chi connectivity index (χ3n) is 4.06. The van der Waals surface area contributed by atoms with E-state index in [9.17, 15) is 23.1 Å². The fourth-order valence-electron chi connectivity index (χ4n) is 2.81. The molecule has 1 aliphatic heterocycles. The van der Waals surface area contributed by atoms with Crippen LogP contribution in [-0.4, -0.2) is 51.0 Å². The Bertz CT molecular complexity index is 916. The summed E-state index contributed by atoms with van der Waals surface area (Å²) < 4.78 is 44.0. The average Bonchev–Trinajstić information content (AvgIpc) is 3.22. The normalized spacial score (nSPS) is 19.7. The van der Waals surface area contributed by atoms with Crippen molar-refractivity contribution in [3.63, 3.8) is 0 Å². The highest BCUT2D eigenvalue weighted by atomic mass is 19.4. The van der Waals surface area contributed by atoms with E-state index in [1.54, 1.807) is 16.1 Å². The fourth-order valence-corrected chi connectivity index (χ4v) is 2.81. The number of amides is 1. The fraction of sp³-hybridized carbons (Fsp3) is 0.438. The lowest BCUT2D eigenvalue weighted by molar-refractivity contribution is -0.173. The summed E-state index contributed by atoms with van der Waals surface area (Å²) in [6, 6.07) is 0. The van der Waals surface area contributed by atoms with E-state index in [4.69, 9.17) is 10.5 Å². The van der Waals surface area contributed by atoms with Crippen molar-refractivity contribution in [1.29, 1.82) is 0 Å². The maximum absolute atomic E-state index is 12.2. The van der Waals surface area contributed by atoms with Crippen LogP contribution < -0.4 is 11.1 Å². The highest BCUT2D eigenvalue weighted by Crippen LogP contribution is 2.33. The van der Waals surface area contributed by atoms with Gasteiger partial charge in [-0.15, -0.1) is 0 Å². The summed E-state index contributed by atoms with van der Waals surface area (Å²) in [4.78, 5) is 18.9. The molecule has 11 heteroatoms. The van der Waals surface area contributed by atoms with E-state index in [2.05, 4.69) is 21.8 Å². The Balaban J connectivity index is 1.86. The van der Waals surface area contributed by atoms with E-state index in [0.717, 1.165) is 0 Å². The molecule has 0 bridgehead atoms. The molecule has 1 aliphatic rings. The minimum absolute atomic E-state index is 0.0988.